The molecule has 0 bridgehead atoms. The number of phenols is 2. The number of methoxy groups -OCH3 is 3. The average molecular weight is 344 g/mol. The second-order valence-electron chi connectivity index (χ2n) is 5.20. The van der Waals surface area contributed by atoms with E-state index in [9.17, 15) is 15.0 Å². The lowest BCUT2D eigenvalue weighted by Crippen LogP contribution is -2.06. The van der Waals surface area contributed by atoms with Gasteiger partial charge in [0.05, 0.1) is 26.9 Å². The molecule has 0 aliphatic heterocycles. The first-order valence-corrected chi connectivity index (χ1v) is 7.28. The monoisotopic (exact) mass is 344 g/mol. The molecule has 0 spiro atoms. The first kappa shape index (κ1) is 16.5. The van der Waals surface area contributed by atoms with Gasteiger partial charge in [0.1, 0.15) is 17.2 Å². The Kier molecular flexibility index (Phi) is 4.14. The minimum absolute atomic E-state index is 0.0463. The molecule has 0 fully saturated rings. The van der Waals surface area contributed by atoms with Crippen LogP contribution in [0.15, 0.2) is 39.7 Å². The maximum atomic E-state index is 12.9. The number of benzene rings is 2. The van der Waals surface area contributed by atoms with E-state index >= 15 is 0 Å². The van der Waals surface area contributed by atoms with Crippen LogP contribution in [0.4, 0.5) is 0 Å². The summed E-state index contributed by atoms with van der Waals surface area (Å²) in [7, 11) is 4.28. The molecule has 7 heteroatoms. The molecular formula is C18H16O7. The van der Waals surface area contributed by atoms with E-state index in [0.29, 0.717) is 17.1 Å². The summed E-state index contributed by atoms with van der Waals surface area (Å²) in [6.07, 6.45) is 1.26. The minimum Gasteiger partial charge on any atom is -0.504 e. The van der Waals surface area contributed by atoms with Crippen molar-refractivity contribution in [2.24, 2.45) is 0 Å². The number of rotatable bonds is 4. The minimum atomic E-state index is -0.478. The number of aromatic hydroxyl groups is 2. The molecule has 0 aliphatic rings. The van der Waals surface area contributed by atoms with Crippen LogP contribution < -0.4 is 19.6 Å². The summed E-state index contributed by atoms with van der Waals surface area (Å²) >= 11 is 0. The van der Waals surface area contributed by atoms with E-state index in [1.54, 1.807) is 18.2 Å². The van der Waals surface area contributed by atoms with Crippen LogP contribution in [-0.2, 0) is 0 Å². The fourth-order valence-electron chi connectivity index (χ4n) is 2.64. The van der Waals surface area contributed by atoms with Crippen molar-refractivity contribution in [2.75, 3.05) is 21.3 Å². The van der Waals surface area contributed by atoms with Crippen molar-refractivity contribution in [3.63, 3.8) is 0 Å². The molecule has 0 saturated carbocycles. The number of ether oxygens (including phenoxy) is 3. The van der Waals surface area contributed by atoms with Gasteiger partial charge in [0.25, 0.3) is 0 Å². The molecule has 3 aromatic rings. The van der Waals surface area contributed by atoms with E-state index in [0.717, 1.165) is 0 Å². The predicted octanol–water partition coefficient (Wildman–Crippen LogP) is 2.90. The summed E-state index contributed by atoms with van der Waals surface area (Å²) in [5, 5.41) is 20.0. The standard InChI is InChI=1S/C18H16O7/c1-22-12-5-4-9(6-13(12)23-2)10-8-25-14-7-11(19)18(24-3)17(21)15(14)16(10)20/h4-8,19,21H,1-3H3. The molecule has 130 valence electrons. The van der Waals surface area contributed by atoms with Gasteiger partial charge in [0, 0.05) is 6.07 Å². The molecule has 2 N–H and O–H groups in total. The van der Waals surface area contributed by atoms with Crippen molar-refractivity contribution in [1.29, 1.82) is 0 Å². The average Bonchev–Trinajstić information content (AvgIpc) is 2.61. The van der Waals surface area contributed by atoms with Crippen LogP contribution in [0.25, 0.3) is 22.1 Å². The van der Waals surface area contributed by atoms with Crippen molar-refractivity contribution in [3.8, 4) is 39.9 Å². The Morgan fingerprint density at radius 1 is 0.960 bits per heavy atom. The molecule has 0 atom stereocenters. The molecule has 0 saturated heterocycles. The van der Waals surface area contributed by atoms with Crippen molar-refractivity contribution >= 4 is 11.0 Å². The van der Waals surface area contributed by atoms with Gasteiger partial charge >= 0.3 is 0 Å². The zero-order valence-corrected chi connectivity index (χ0v) is 13.8. The third-order valence-electron chi connectivity index (χ3n) is 3.87. The molecule has 7 nitrogen and oxygen atoms in total. The normalized spacial score (nSPS) is 10.7. The molecule has 3 rings (SSSR count). The summed E-state index contributed by atoms with van der Waals surface area (Å²) in [6.45, 7) is 0. The van der Waals surface area contributed by atoms with Crippen LogP contribution in [-0.4, -0.2) is 31.5 Å². The van der Waals surface area contributed by atoms with Crippen LogP contribution in [0.1, 0.15) is 0 Å². The fraction of sp³-hybridized carbons (Fsp3) is 0.167. The first-order valence-electron chi connectivity index (χ1n) is 7.28. The second kappa shape index (κ2) is 6.27. The number of fused-ring (bicyclic) bond motifs is 1. The van der Waals surface area contributed by atoms with Crippen molar-refractivity contribution in [3.05, 3.63) is 40.8 Å². The highest BCUT2D eigenvalue weighted by Gasteiger charge is 2.20. The van der Waals surface area contributed by atoms with Crippen LogP contribution >= 0.6 is 0 Å². The molecule has 1 heterocycles. The molecule has 0 radical (unpaired) electrons. The highest BCUT2D eigenvalue weighted by Crippen LogP contribution is 2.41. The van der Waals surface area contributed by atoms with E-state index in [4.69, 9.17) is 18.6 Å². The lowest BCUT2D eigenvalue weighted by molar-refractivity contribution is 0.346. The highest BCUT2D eigenvalue weighted by molar-refractivity contribution is 5.91. The summed E-state index contributed by atoms with van der Waals surface area (Å²) < 4.78 is 20.8. The van der Waals surface area contributed by atoms with Gasteiger partial charge in [-0.15, -0.1) is 0 Å². The Hall–Kier alpha value is -3.35. The van der Waals surface area contributed by atoms with Crippen LogP contribution in [0.3, 0.4) is 0 Å². The van der Waals surface area contributed by atoms with E-state index < -0.39 is 11.2 Å². The molecule has 0 amide bonds. The quantitative estimate of drug-likeness (QED) is 0.751. The largest absolute Gasteiger partial charge is 0.504 e. The number of hydrogen-bond donors (Lipinski definition) is 2. The Morgan fingerprint density at radius 3 is 2.32 bits per heavy atom. The molecule has 25 heavy (non-hydrogen) atoms. The fourth-order valence-corrected chi connectivity index (χ4v) is 2.64. The van der Waals surface area contributed by atoms with Crippen LogP contribution in [0, 0.1) is 0 Å². The number of hydrogen-bond acceptors (Lipinski definition) is 7. The van der Waals surface area contributed by atoms with Gasteiger partial charge in [-0.25, -0.2) is 0 Å². The van der Waals surface area contributed by atoms with E-state index in [2.05, 4.69) is 0 Å². The molecule has 2 aromatic carbocycles. The molecule has 0 unspecified atom stereocenters. The first-order chi connectivity index (χ1) is 12.0. The summed E-state index contributed by atoms with van der Waals surface area (Å²) in [5.41, 5.74) is 0.325. The number of phenolic OH excluding ortho intramolecular Hbond substituents is 2. The molecule has 1 aromatic heterocycles. The Morgan fingerprint density at radius 2 is 1.68 bits per heavy atom. The summed E-state index contributed by atoms with van der Waals surface area (Å²) in [6, 6.07) is 6.18. The van der Waals surface area contributed by atoms with Gasteiger partial charge in [0.2, 0.25) is 11.2 Å². The van der Waals surface area contributed by atoms with Crippen molar-refractivity contribution in [2.45, 2.75) is 0 Å². The van der Waals surface area contributed by atoms with Gasteiger partial charge in [-0.2, -0.15) is 0 Å². The Labute approximate surface area is 142 Å². The lowest BCUT2D eigenvalue weighted by Gasteiger charge is -2.11. The Balaban J connectivity index is 2.29. The van der Waals surface area contributed by atoms with Gasteiger partial charge in [-0.05, 0) is 17.7 Å². The third-order valence-corrected chi connectivity index (χ3v) is 3.87. The summed E-state index contributed by atoms with van der Waals surface area (Å²) in [4.78, 5) is 12.9. The van der Waals surface area contributed by atoms with Crippen LogP contribution in [0.5, 0.6) is 28.7 Å². The Bertz CT molecular complexity index is 1000. The maximum absolute atomic E-state index is 12.9. The maximum Gasteiger partial charge on any atom is 0.204 e. The van der Waals surface area contributed by atoms with Gasteiger partial charge in [0.15, 0.2) is 23.0 Å². The topological polar surface area (TPSA) is 98.4 Å². The lowest BCUT2D eigenvalue weighted by atomic mass is 10.0. The van der Waals surface area contributed by atoms with E-state index in [1.165, 1.54) is 33.7 Å². The molecular weight excluding hydrogens is 328 g/mol. The zero-order valence-electron chi connectivity index (χ0n) is 13.8. The van der Waals surface area contributed by atoms with Gasteiger partial charge in [-0.3, -0.25) is 4.79 Å². The van der Waals surface area contributed by atoms with Gasteiger partial charge in [-0.1, -0.05) is 6.07 Å². The third kappa shape index (κ3) is 2.59. The van der Waals surface area contributed by atoms with Crippen LogP contribution in [0.2, 0.25) is 0 Å². The van der Waals surface area contributed by atoms with E-state index in [-0.39, 0.29) is 28.0 Å². The van der Waals surface area contributed by atoms with Crippen molar-refractivity contribution < 1.29 is 28.8 Å². The highest BCUT2D eigenvalue weighted by atomic mass is 16.5. The zero-order chi connectivity index (χ0) is 18.1. The smallest absolute Gasteiger partial charge is 0.204 e. The van der Waals surface area contributed by atoms with Gasteiger partial charge < -0.3 is 28.8 Å². The van der Waals surface area contributed by atoms with E-state index in [1.807, 2.05) is 0 Å². The predicted molar refractivity (Wildman–Crippen MR) is 90.9 cm³/mol. The molecule has 0 aliphatic carbocycles. The summed E-state index contributed by atoms with van der Waals surface area (Å²) in [5.74, 6) is -0.0229. The SMILES string of the molecule is COc1ccc(-c2coc3cc(O)c(OC)c(O)c3c2=O)cc1OC. The van der Waals surface area contributed by atoms with Crippen molar-refractivity contribution in [1.82, 2.24) is 0 Å². The second-order valence-corrected chi connectivity index (χ2v) is 5.20.